The maximum Gasteiger partial charge on any atom is 0.140 e. The van der Waals surface area contributed by atoms with Crippen LogP contribution in [0, 0.1) is 0 Å². The van der Waals surface area contributed by atoms with E-state index in [1.54, 1.807) is 0 Å². The van der Waals surface area contributed by atoms with Crippen molar-refractivity contribution < 1.29 is 5.11 Å². The summed E-state index contributed by atoms with van der Waals surface area (Å²) in [5.74, 6) is 6.01. The van der Waals surface area contributed by atoms with Crippen molar-refractivity contribution in [3.05, 3.63) is 23.9 Å². The van der Waals surface area contributed by atoms with E-state index in [1.807, 2.05) is 25.1 Å². The molecule has 0 aliphatic carbocycles. The third kappa shape index (κ3) is 3.39. The summed E-state index contributed by atoms with van der Waals surface area (Å²) in [5.41, 5.74) is 3.05. The lowest BCUT2D eigenvalue weighted by Gasteiger charge is -2.35. The zero-order chi connectivity index (χ0) is 12.3. The topological polar surface area (TPSA) is 74.4 Å². The molecule has 0 spiro atoms. The molecule has 2 rings (SSSR count). The van der Waals surface area contributed by atoms with Gasteiger partial charge in [-0.25, -0.2) is 10.8 Å². The van der Waals surface area contributed by atoms with Crippen molar-refractivity contribution in [3.63, 3.8) is 0 Å². The molecule has 5 heteroatoms. The van der Waals surface area contributed by atoms with Gasteiger partial charge in [0.1, 0.15) is 5.82 Å². The van der Waals surface area contributed by atoms with Gasteiger partial charge in [-0.2, -0.15) is 0 Å². The number of anilines is 1. The van der Waals surface area contributed by atoms with Crippen molar-refractivity contribution in [1.29, 1.82) is 0 Å². The first-order valence-corrected chi connectivity index (χ1v) is 5.96. The molecule has 5 nitrogen and oxygen atoms in total. The second-order valence-corrected chi connectivity index (χ2v) is 4.93. The lowest BCUT2D eigenvalue weighted by Crippen LogP contribution is -2.42. The highest BCUT2D eigenvalue weighted by molar-refractivity contribution is 5.33. The molecule has 2 heterocycles. The summed E-state index contributed by atoms with van der Waals surface area (Å²) < 4.78 is 0. The zero-order valence-electron chi connectivity index (χ0n) is 10.2. The Morgan fingerprint density at radius 1 is 1.47 bits per heavy atom. The molecule has 94 valence electrons. The summed E-state index contributed by atoms with van der Waals surface area (Å²) in [6.45, 7) is 4.54. The Balaban J connectivity index is 1.93. The van der Waals surface area contributed by atoms with E-state index >= 15 is 0 Å². The first kappa shape index (κ1) is 12.3. The van der Waals surface area contributed by atoms with Gasteiger partial charge in [0.05, 0.1) is 11.3 Å². The number of hydrogen-bond acceptors (Lipinski definition) is 5. The summed E-state index contributed by atoms with van der Waals surface area (Å²) in [6, 6.07) is 5.77. The van der Waals surface area contributed by atoms with Crippen molar-refractivity contribution in [3.8, 4) is 0 Å². The average molecular weight is 236 g/mol. The van der Waals surface area contributed by atoms with Gasteiger partial charge in [0.2, 0.25) is 0 Å². The fourth-order valence-corrected chi connectivity index (χ4v) is 2.07. The Kier molecular flexibility index (Phi) is 3.61. The predicted octanol–water partition coefficient (Wildman–Crippen LogP) is 0.714. The lowest BCUT2D eigenvalue weighted by molar-refractivity contribution is -0.00756. The van der Waals surface area contributed by atoms with Crippen LogP contribution in [0.2, 0.25) is 0 Å². The molecule has 0 aromatic carbocycles. The van der Waals surface area contributed by atoms with Gasteiger partial charge in [-0.3, -0.25) is 4.90 Å². The number of pyridine rings is 1. The van der Waals surface area contributed by atoms with Gasteiger partial charge in [-0.05, 0) is 31.9 Å². The maximum atomic E-state index is 9.87. The molecule has 0 atom stereocenters. The van der Waals surface area contributed by atoms with E-state index in [2.05, 4.69) is 15.3 Å². The number of hydrogen-bond donors (Lipinski definition) is 3. The van der Waals surface area contributed by atoms with E-state index in [0.29, 0.717) is 5.82 Å². The molecular weight excluding hydrogens is 216 g/mol. The zero-order valence-corrected chi connectivity index (χ0v) is 10.2. The van der Waals surface area contributed by atoms with Crippen LogP contribution in [0.3, 0.4) is 0 Å². The van der Waals surface area contributed by atoms with Crippen LogP contribution in [-0.4, -0.2) is 33.7 Å². The largest absolute Gasteiger partial charge is 0.390 e. The van der Waals surface area contributed by atoms with Gasteiger partial charge in [-0.15, -0.1) is 0 Å². The smallest absolute Gasteiger partial charge is 0.140 e. The normalized spacial score (nSPS) is 20.2. The van der Waals surface area contributed by atoms with Crippen LogP contribution in [0.25, 0.3) is 0 Å². The number of aromatic nitrogens is 1. The highest BCUT2D eigenvalue weighted by Gasteiger charge is 2.27. The number of nitrogens with zero attached hydrogens (tertiary/aromatic N) is 2. The Labute approximate surface area is 102 Å². The second kappa shape index (κ2) is 5.00. The number of rotatable bonds is 3. The Morgan fingerprint density at radius 2 is 2.18 bits per heavy atom. The van der Waals surface area contributed by atoms with Crippen molar-refractivity contribution in [2.75, 3.05) is 18.5 Å². The average Bonchev–Trinajstić information content (AvgIpc) is 2.32. The Morgan fingerprint density at radius 3 is 2.82 bits per heavy atom. The van der Waals surface area contributed by atoms with Crippen LogP contribution in [0.5, 0.6) is 0 Å². The lowest BCUT2D eigenvalue weighted by atomic mass is 9.94. The van der Waals surface area contributed by atoms with Crippen molar-refractivity contribution in [2.45, 2.75) is 31.9 Å². The molecular formula is C12H20N4O. The minimum atomic E-state index is -0.495. The Bertz CT molecular complexity index is 371. The van der Waals surface area contributed by atoms with Gasteiger partial charge in [0.25, 0.3) is 0 Å². The van der Waals surface area contributed by atoms with E-state index in [9.17, 15) is 5.11 Å². The SMILES string of the molecule is CC1(O)CCN(Cc2cccc(NN)n2)CC1. The molecule has 17 heavy (non-hydrogen) atoms. The number of piperidine rings is 1. The van der Waals surface area contributed by atoms with Gasteiger partial charge in [0, 0.05) is 19.6 Å². The molecule has 1 fully saturated rings. The van der Waals surface area contributed by atoms with Gasteiger partial charge in [0.15, 0.2) is 0 Å². The minimum Gasteiger partial charge on any atom is -0.390 e. The first-order valence-electron chi connectivity index (χ1n) is 5.96. The molecule has 1 aromatic rings. The summed E-state index contributed by atoms with van der Waals surface area (Å²) in [5, 5.41) is 9.87. The van der Waals surface area contributed by atoms with Crippen LogP contribution in [0.1, 0.15) is 25.5 Å². The summed E-state index contributed by atoms with van der Waals surface area (Å²) >= 11 is 0. The molecule has 0 radical (unpaired) electrons. The quantitative estimate of drug-likeness (QED) is 0.532. The van der Waals surface area contributed by atoms with Crippen molar-refractivity contribution in [1.82, 2.24) is 9.88 Å². The number of aliphatic hydroxyl groups is 1. The summed E-state index contributed by atoms with van der Waals surface area (Å²) in [4.78, 5) is 6.69. The maximum absolute atomic E-state index is 9.87. The van der Waals surface area contributed by atoms with Crippen LogP contribution in [0.15, 0.2) is 18.2 Å². The molecule has 0 amide bonds. The van der Waals surface area contributed by atoms with E-state index < -0.39 is 5.60 Å². The molecule has 1 aliphatic heterocycles. The summed E-state index contributed by atoms with van der Waals surface area (Å²) in [6.07, 6.45) is 1.64. The van der Waals surface area contributed by atoms with E-state index in [0.717, 1.165) is 38.2 Å². The fraction of sp³-hybridized carbons (Fsp3) is 0.583. The molecule has 1 aliphatic rings. The number of nitrogens with one attached hydrogen (secondary N) is 1. The third-order valence-electron chi connectivity index (χ3n) is 3.27. The monoisotopic (exact) mass is 236 g/mol. The van der Waals surface area contributed by atoms with E-state index in [-0.39, 0.29) is 0 Å². The van der Waals surface area contributed by atoms with Gasteiger partial charge < -0.3 is 10.5 Å². The fourth-order valence-electron chi connectivity index (χ4n) is 2.07. The molecule has 0 saturated carbocycles. The second-order valence-electron chi connectivity index (χ2n) is 4.93. The van der Waals surface area contributed by atoms with Crippen molar-refractivity contribution >= 4 is 5.82 Å². The standard InChI is InChI=1S/C12H20N4O/c1-12(17)5-7-16(8-6-12)9-10-3-2-4-11(14-10)15-13/h2-4,17H,5-9,13H2,1H3,(H,14,15). The van der Waals surface area contributed by atoms with Crippen molar-refractivity contribution in [2.24, 2.45) is 5.84 Å². The third-order valence-corrected chi connectivity index (χ3v) is 3.27. The highest BCUT2D eigenvalue weighted by Crippen LogP contribution is 2.22. The molecule has 1 saturated heterocycles. The molecule has 1 aromatic heterocycles. The molecule has 4 N–H and O–H groups in total. The number of nitrogen functional groups attached to an aromatic ring is 1. The first-order chi connectivity index (χ1) is 8.09. The Hall–Kier alpha value is -1.17. The number of nitrogens with two attached hydrogens (primary N) is 1. The molecule has 0 unspecified atom stereocenters. The predicted molar refractivity (Wildman–Crippen MR) is 67.2 cm³/mol. The van der Waals surface area contributed by atoms with E-state index in [4.69, 9.17) is 5.84 Å². The number of hydrazine groups is 1. The summed E-state index contributed by atoms with van der Waals surface area (Å²) in [7, 11) is 0. The van der Waals surface area contributed by atoms with Crippen LogP contribution in [0.4, 0.5) is 5.82 Å². The van der Waals surface area contributed by atoms with Gasteiger partial charge in [-0.1, -0.05) is 6.07 Å². The number of likely N-dealkylation sites (tertiary alicyclic amines) is 1. The minimum absolute atomic E-state index is 0.495. The molecule has 0 bridgehead atoms. The van der Waals surface area contributed by atoms with Crippen LogP contribution >= 0.6 is 0 Å². The van der Waals surface area contributed by atoms with Crippen LogP contribution in [-0.2, 0) is 6.54 Å². The van der Waals surface area contributed by atoms with E-state index in [1.165, 1.54) is 0 Å². The highest BCUT2D eigenvalue weighted by atomic mass is 16.3. The van der Waals surface area contributed by atoms with Gasteiger partial charge >= 0.3 is 0 Å². The van der Waals surface area contributed by atoms with Crippen LogP contribution < -0.4 is 11.3 Å².